The van der Waals surface area contributed by atoms with E-state index in [-0.39, 0.29) is 25.4 Å². The molecule has 0 fully saturated rings. The van der Waals surface area contributed by atoms with Crippen molar-refractivity contribution in [2.75, 3.05) is 29.2 Å². The van der Waals surface area contributed by atoms with E-state index >= 15 is 0 Å². The van der Waals surface area contributed by atoms with E-state index in [4.69, 9.17) is 9.47 Å². The van der Waals surface area contributed by atoms with E-state index in [1.165, 1.54) is 31.2 Å². The molecule has 0 aliphatic carbocycles. The van der Waals surface area contributed by atoms with Gasteiger partial charge in [-0.05, 0) is 55.5 Å². The van der Waals surface area contributed by atoms with E-state index in [0.29, 0.717) is 22.6 Å². The Bertz CT molecular complexity index is 1000. The normalized spacial score (nSPS) is 10.0. The number of ether oxygens (including phenoxy) is 2. The van der Waals surface area contributed by atoms with Crippen molar-refractivity contribution in [2.45, 2.75) is 26.7 Å². The van der Waals surface area contributed by atoms with Crippen molar-refractivity contribution in [2.24, 2.45) is 0 Å². The Labute approximate surface area is 190 Å². The molecule has 0 aliphatic rings. The number of rotatable bonds is 10. The van der Waals surface area contributed by atoms with Crippen molar-refractivity contribution in [1.29, 1.82) is 0 Å². The number of hydrogen-bond donors (Lipinski definition) is 3. The van der Waals surface area contributed by atoms with E-state index in [1.54, 1.807) is 31.2 Å². The fourth-order valence-electron chi connectivity index (χ4n) is 2.60. The molecule has 0 saturated carbocycles. The van der Waals surface area contributed by atoms with Gasteiger partial charge in [0, 0.05) is 30.4 Å². The Hall–Kier alpha value is -4.21. The van der Waals surface area contributed by atoms with Crippen LogP contribution in [-0.2, 0) is 28.7 Å². The lowest BCUT2D eigenvalue weighted by Gasteiger charge is -2.08. The maximum absolute atomic E-state index is 12.0. The Morgan fingerprint density at radius 2 is 1.21 bits per heavy atom. The Morgan fingerprint density at radius 3 is 1.76 bits per heavy atom. The lowest BCUT2D eigenvalue weighted by Crippen LogP contribution is -2.21. The molecule has 0 aliphatic heterocycles. The summed E-state index contributed by atoms with van der Waals surface area (Å²) in [7, 11) is 0. The third-order valence-electron chi connectivity index (χ3n) is 4.09. The van der Waals surface area contributed by atoms with Crippen LogP contribution in [0.5, 0.6) is 0 Å². The van der Waals surface area contributed by atoms with Gasteiger partial charge < -0.3 is 25.4 Å². The van der Waals surface area contributed by atoms with E-state index in [2.05, 4.69) is 16.0 Å². The van der Waals surface area contributed by atoms with Crippen LogP contribution in [0, 0.1) is 0 Å². The smallest absolute Gasteiger partial charge is 0.338 e. The second kappa shape index (κ2) is 12.6. The van der Waals surface area contributed by atoms with Crippen LogP contribution in [-0.4, -0.2) is 42.9 Å². The van der Waals surface area contributed by atoms with Gasteiger partial charge in [-0.15, -0.1) is 0 Å². The van der Waals surface area contributed by atoms with Gasteiger partial charge in [0.15, 0.2) is 6.61 Å². The van der Waals surface area contributed by atoms with Gasteiger partial charge in [-0.25, -0.2) is 4.79 Å². The van der Waals surface area contributed by atoms with Crippen LogP contribution in [0.2, 0.25) is 0 Å². The second-order valence-electron chi connectivity index (χ2n) is 6.81. The zero-order valence-electron chi connectivity index (χ0n) is 18.3. The predicted molar refractivity (Wildman–Crippen MR) is 121 cm³/mol. The third-order valence-corrected chi connectivity index (χ3v) is 4.09. The Balaban J connectivity index is 1.68. The first-order chi connectivity index (χ1) is 15.8. The van der Waals surface area contributed by atoms with Crippen molar-refractivity contribution in [3.63, 3.8) is 0 Å². The Morgan fingerprint density at radius 1 is 0.697 bits per heavy atom. The molecule has 0 atom stereocenters. The number of esters is 2. The molecule has 10 nitrogen and oxygen atoms in total. The summed E-state index contributed by atoms with van der Waals surface area (Å²) < 4.78 is 9.76. The molecule has 2 aromatic rings. The van der Waals surface area contributed by atoms with Crippen molar-refractivity contribution >= 4 is 46.7 Å². The molecule has 2 aromatic carbocycles. The molecule has 0 unspecified atom stereocenters. The summed E-state index contributed by atoms with van der Waals surface area (Å²) in [6.07, 6.45) is -0.319. The molecule has 174 valence electrons. The number of hydrogen-bond acceptors (Lipinski definition) is 7. The lowest BCUT2D eigenvalue weighted by atomic mass is 10.2. The zero-order chi connectivity index (χ0) is 24.2. The van der Waals surface area contributed by atoms with Gasteiger partial charge in [-0.3, -0.25) is 19.2 Å². The summed E-state index contributed by atoms with van der Waals surface area (Å²) in [4.78, 5) is 58.3. The van der Waals surface area contributed by atoms with Crippen molar-refractivity contribution < 1.29 is 33.4 Å². The van der Waals surface area contributed by atoms with Crippen LogP contribution < -0.4 is 16.0 Å². The summed E-state index contributed by atoms with van der Waals surface area (Å²) in [6.45, 7) is 2.85. The largest absolute Gasteiger partial charge is 0.462 e. The van der Waals surface area contributed by atoms with Gasteiger partial charge in [0.1, 0.15) is 0 Å². The molecule has 0 heterocycles. The van der Waals surface area contributed by atoms with Gasteiger partial charge in [-0.1, -0.05) is 0 Å². The van der Waals surface area contributed by atoms with E-state index in [1.807, 2.05) is 0 Å². The number of benzene rings is 2. The van der Waals surface area contributed by atoms with Crippen LogP contribution in [0.1, 0.15) is 37.0 Å². The van der Waals surface area contributed by atoms with Crippen molar-refractivity contribution in [3.8, 4) is 0 Å². The number of nitrogens with one attached hydrogen (secondary N) is 3. The van der Waals surface area contributed by atoms with Crippen LogP contribution in [0.3, 0.4) is 0 Å². The molecule has 0 aromatic heterocycles. The highest BCUT2D eigenvalue weighted by atomic mass is 16.5. The molecule has 0 bridgehead atoms. The highest BCUT2D eigenvalue weighted by Gasteiger charge is 2.12. The molecule has 3 N–H and O–H groups in total. The first-order valence-electron chi connectivity index (χ1n) is 10.2. The minimum atomic E-state index is -0.695. The fraction of sp³-hybridized carbons (Fsp3) is 0.261. The average molecular weight is 455 g/mol. The van der Waals surface area contributed by atoms with Crippen molar-refractivity contribution in [1.82, 2.24) is 0 Å². The van der Waals surface area contributed by atoms with Crippen LogP contribution in [0.25, 0.3) is 0 Å². The summed E-state index contributed by atoms with van der Waals surface area (Å²) in [5, 5.41) is 7.77. The highest BCUT2D eigenvalue weighted by Crippen LogP contribution is 2.14. The maximum Gasteiger partial charge on any atom is 0.338 e. The number of anilines is 3. The molecule has 0 spiro atoms. The first-order valence-corrected chi connectivity index (χ1v) is 10.2. The van der Waals surface area contributed by atoms with Crippen molar-refractivity contribution in [3.05, 3.63) is 54.1 Å². The molecule has 0 radical (unpaired) electrons. The molecule has 3 amide bonds. The molecule has 2 rings (SSSR count). The number of carbonyl (C=O) groups excluding carboxylic acids is 5. The van der Waals surface area contributed by atoms with Gasteiger partial charge in [0.05, 0.1) is 18.6 Å². The van der Waals surface area contributed by atoms with E-state index < -0.39 is 30.4 Å². The standard InChI is InChI=1S/C23H25N3O7/c1-3-32-23(31)16-4-6-18(7-5-16)26-21(29)14-33-22(30)13-12-20(28)25-19-10-8-17(9-11-19)24-15(2)27/h4-11H,3,12-14H2,1-2H3,(H,24,27)(H,25,28)(H,26,29). The third kappa shape index (κ3) is 9.21. The molecule has 10 heteroatoms. The zero-order valence-corrected chi connectivity index (χ0v) is 18.3. The van der Waals surface area contributed by atoms with Crippen LogP contribution in [0.15, 0.2) is 48.5 Å². The van der Waals surface area contributed by atoms with Gasteiger partial charge in [-0.2, -0.15) is 0 Å². The molecule has 33 heavy (non-hydrogen) atoms. The highest BCUT2D eigenvalue weighted by molar-refractivity contribution is 5.95. The van der Waals surface area contributed by atoms with Gasteiger partial charge in [0.2, 0.25) is 11.8 Å². The average Bonchev–Trinajstić information content (AvgIpc) is 2.78. The van der Waals surface area contributed by atoms with Crippen LogP contribution in [0.4, 0.5) is 17.1 Å². The Kier molecular flexibility index (Phi) is 9.56. The minimum absolute atomic E-state index is 0.122. The summed E-state index contributed by atoms with van der Waals surface area (Å²) in [5.41, 5.74) is 1.88. The fourth-order valence-corrected chi connectivity index (χ4v) is 2.60. The predicted octanol–water partition coefficient (Wildman–Crippen LogP) is 2.72. The maximum atomic E-state index is 12.0. The van der Waals surface area contributed by atoms with Gasteiger partial charge >= 0.3 is 11.9 Å². The first kappa shape index (κ1) is 25.1. The minimum Gasteiger partial charge on any atom is -0.462 e. The van der Waals surface area contributed by atoms with Crippen LogP contribution >= 0.6 is 0 Å². The summed E-state index contributed by atoms with van der Waals surface area (Å²) in [5.74, 6) is -2.32. The SMILES string of the molecule is CCOC(=O)c1ccc(NC(=O)COC(=O)CCC(=O)Nc2ccc(NC(C)=O)cc2)cc1. The quantitative estimate of drug-likeness (QED) is 0.468. The van der Waals surface area contributed by atoms with E-state index in [9.17, 15) is 24.0 Å². The molecular weight excluding hydrogens is 430 g/mol. The monoisotopic (exact) mass is 455 g/mol. The lowest BCUT2D eigenvalue weighted by molar-refractivity contribution is -0.147. The molecule has 0 saturated heterocycles. The van der Waals surface area contributed by atoms with Gasteiger partial charge in [0.25, 0.3) is 5.91 Å². The van der Waals surface area contributed by atoms with E-state index in [0.717, 1.165) is 0 Å². The summed E-state index contributed by atoms with van der Waals surface area (Å²) in [6, 6.07) is 12.6. The summed E-state index contributed by atoms with van der Waals surface area (Å²) >= 11 is 0. The number of carbonyl (C=O) groups is 5. The molecular formula is C23H25N3O7. The second-order valence-corrected chi connectivity index (χ2v) is 6.81. The number of amides is 3. The topological polar surface area (TPSA) is 140 Å².